The molecular weight excluding hydrogens is 414 g/mol. The molecule has 5 rings (SSSR count). The Morgan fingerprint density at radius 1 is 0.906 bits per heavy atom. The lowest BCUT2D eigenvalue weighted by molar-refractivity contribution is 0.532. The molecule has 4 heterocycles. The van der Waals surface area contributed by atoms with Crippen molar-refractivity contribution in [2.75, 3.05) is 4.90 Å². The van der Waals surface area contributed by atoms with E-state index in [0.717, 1.165) is 22.8 Å². The molecule has 1 N–H and O–H groups in total. The summed E-state index contributed by atoms with van der Waals surface area (Å²) in [4.78, 5) is 11.4. The normalized spacial score (nSPS) is 18.1. The maximum atomic E-state index is 5.87. The number of aryl methyl sites for hydroxylation is 2. The fourth-order valence-electron chi connectivity index (χ4n) is 4.31. The van der Waals surface area contributed by atoms with Crippen molar-refractivity contribution in [2.45, 2.75) is 32.5 Å². The summed E-state index contributed by atoms with van der Waals surface area (Å²) in [5.74, 6) is 0. The van der Waals surface area contributed by atoms with E-state index < -0.39 is 0 Å². The van der Waals surface area contributed by atoms with E-state index in [4.69, 9.17) is 12.2 Å². The Hall–Kier alpha value is -3.51. The lowest BCUT2D eigenvalue weighted by Gasteiger charge is -2.29. The summed E-state index contributed by atoms with van der Waals surface area (Å²) in [7, 11) is 0. The fourth-order valence-corrected chi connectivity index (χ4v) is 4.66. The van der Waals surface area contributed by atoms with Crippen molar-refractivity contribution >= 4 is 23.0 Å². The van der Waals surface area contributed by atoms with Crippen LogP contribution in [0.1, 0.15) is 40.3 Å². The van der Waals surface area contributed by atoms with E-state index >= 15 is 0 Å². The van der Waals surface area contributed by atoms with Crippen molar-refractivity contribution in [2.24, 2.45) is 0 Å². The molecule has 0 unspecified atom stereocenters. The Morgan fingerprint density at radius 2 is 1.72 bits per heavy atom. The van der Waals surface area contributed by atoms with Crippen LogP contribution in [0.4, 0.5) is 5.69 Å². The van der Waals surface area contributed by atoms with Crippen LogP contribution >= 0.6 is 12.2 Å². The predicted octanol–water partition coefficient (Wildman–Crippen LogP) is 5.12. The first-order valence-corrected chi connectivity index (χ1v) is 11.2. The monoisotopic (exact) mass is 439 g/mol. The highest BCUT2D eigenvalue weighted by Crippen LogP contribution is 2.42. The van der Waals surface area contributed by atoms with Gasteiger partial charge in [0.25, 0.3) is 0 Å². The lowest BCUT2D eigenvalue weighted by atomic mass is 10.00. The largest absolute Gasteiger partial charge is 0.351 e. The first-order valence-electron chi connectivity index (χ1n) is 10.7. The van der Waals surface area contributed by atoms with Gasteiger partial charge in [-0.25, -0.2) is 0 Å². The van der Waals surface area contributed by atoms with Gasteiger partial charge in [-0.3, -0.25) is 9.97 Å². The summed E-state index contributed by atoms with van der Waals surface area (Å²) in [6, 6.07) is 22.7. The maximum Gasteiger partial charge on any atom is 0.174 e. The van der Waals surface area contributed by atoms with Crippen molar-refractivity contribution < 1.29 is 0 Å². The van der Waals surface area contributed by atoms with Crippen LogP contribution < -0.4 is 10.2 Å². The fraction of sp³-hybridized carbons (Fsp3) is 0.192. The molecule has 1 saturated heterocycles. The van der Waals surface area contributed by atoms with E-state index in [1.165, 1.54) is 11.1 Å². The van der Waals surface area contributed by atoms with Crippen molar-refractivity contribution in [3.63, 3.8) is 0 Å². The van der Waals surface area contributed by atoms with Crippen molar-refractivity contribution in [1.29, 1.82) is 0 Å². The zero-order valence-electron chi connectivity index (χ0n) is 18.1. The molecule has 32 heavy (non-hydrogen) atoms. The van der Waals surface area contributed by atoms with Crippen LogP contribution in [0.25, 0.3) is 0 Å². The molecule has 1 aliphatic heterocycles. The summed E-state index contributed by atoms with van der Waals surface area (Å²) in [5, 5.41) is 4.26. The zero-order chi connectivity index (χ0) is 22.1. The number of anilines is 1. The molecule has 1 fully saturated rings. The molecule has 0 radical (unpaired) electrons. The molecule has 0 bridgehead atoms. The SMILES string of the molecule is Cc1ccc(N2C(=S)N[C@@H](c3ccccn3)[C@H]2c2cccn2Cc2ccccn2)cc1C. The second kappa shape index (κ2) is 8.55. The molecule has 3 aromatic heterocycles. The minimum absolute atomic E-state index is 0.0433. The average Bonchev–Trinajstić information content (AvgIpc) is 3.40. The lowest BCUT2D eigenvalue weighted by Crippen LogP contribution is -2.30. The van der Waals surface area contributed by atoms with Crippen LogP contribution in [-0.2, 0) is 6.54 Å². The molecule has 0 aliphatic carbocycles. The summed E-state index contributed by atoms with van der Waals surface area (Å²) in [6.07, 6.45) is 5.78. The number of nitrogens with zero attached hydrogens (tertiary/aromatic N) is 4. The van der Waals surface area contributed by atoms with Crippen LogP contribution in [0, 0.1) is 13.8 Å². The Labute approximate surface area is 193 Å². The minimum Gasteiger partial charge on any atom is -0.351 e. The number of hydrogen-bond acceptors (Lipinski definition) is 3. The Balaban J connectivity index is 1.61. The highest BCUT2D eigenvalue weighted by Gasteiger charge is 2.42. The van der Waals surface area contributed by atoms with E-state index in [1.807, 2.05) is 36.7 Å². The standard InChI is InChI=1S/C26H25N5S/c1-18-11-12-21(16-19(18)2)31-25(24(29-26(31)32)22-9-4-6-14-28-22)23-10-7-15-30(23)17-20-8-3-5-13-27-20/h3-16,24-25H,17H2,1-2H3,(H,29,32)/t24-,25+/m0/s1. The van der Waals surface area contributed by atoms with Crippen molar-refractivity contribution in [3.8, 4) is 0 Å². The second-order valence-electron chi connectivity index (χ2n) is 8.15. The third-order valence-electron chi connectivity index (χ3n) is 6.09. The number of benzene rings is 1. The van der Waals surface area contributed by atoms with Crippen LogP contribution in [0.3, 0.4) is 0 Å². The van der Waals surface area contributed by atoms with Gasteiger partial charge < -0.3 is 14.8 Å². The van der Waals surface area contributed by atoms with Crippen LogP contribution in [0.2, 0.25) is 0 Å². The summed E-state index contributed by atoms with van der Waals surface area (Å²) >= 11 is 5.87. The number of rotatable bonds is 5. The number of aromatic nitrogens is 3. The van der Waals surface area contributed by atoms with E-state index in [2.05, 4.69) is 87.3 Å². The second-order valence-corrected chi connectivity index (χ2v) is 8.53. The van der Waals surface area contributed by atoms with Gasteiger partial charge >= 0.3 is 0 Å². The summed E-state index contributed by atoms with van der Waals surface area (Å²) in [5.41, 5.74) is 6.75. The Morgan fingerprint density at radius 3 is 2.44 bits per heavy atom. The highest BCUT2D eigenvalue weighted by molar-refractivity contribution is 7.80. The minimum atomic E-state index is -0.0670. The molecule has 1 aromatic carbocycles. The van der Waals surface area contributed by atoms with E-state index in [1.54, 1.807) is 0 Å². The van der Waals surface area contributed by atoms with Gasteiger partial charge in [0.1, 0.15) is 6.04 Å². The van der Waals surface area contributed by atoms with Crippen molar-refractivity contribution in [1.82, 2.24) is 19.9 Å². The third-order valence-corrected chi connectivity index (χ3v) is 6.41. The van der Waals surface area contributed by atoms with Crippen LogP contribution in [0.15, 0.2) is 85.3 Å². The number of hydrogen-bond donors (Lipinski definition) is 1. The smallest absolute Gasteiger partial charge is 0.174 e. The van der Waals surface area contributed by atoms with Gasteiger partial charge in [-0.1, -0.05) is 18.2 Å². The van der Waals surface area contributed by atoms with Gasteiger partial charge in [-0.2, -0.15) is 0 Å². The molecule has 6 heteroatoms. The molecule has 4 aromatic rings. The average molecular weight is 440 g/mol. The van der Waals surface area contributed by atoms with Gasteiger partial charge in [0, 0.05) is 30.0 Å². The van der Waals surface area contributed by atoms with Crippen LogP contribution in [-0.4, -0.2) is 19.6 Å². The molecule has 160 valence electrons. The number of pyridine rings is 2. The van der Waals surface area contributed by atoms with Gasteiger partial charge in [0.2, 0.25) is 0 Å². The summed E-state index contributed by atoms with van der Waals surface area (Å²) in [6.45, 7) is 4.97. The maximum absolute atomic E-state index is 5.87. The molecule has 0 spiro atoms. The van der Waals surface area contributed by atoms with E-state index in [-0.39, 0.29) is 12.1 Å². The van der Waals surface area contributed by atoms with Gasteiger partial charge in [0.05, 0.1) is 24.0 Å². The summed E-state index contributed by atoms with van der Waals surface area (Å²) < 4.78 is 2.26. The third kappa shape index (κ3) is 3.78. The first-order chi connectivity index (χ1) is 15.6. The Kier molecular flexibility index (Phi) is 5.45. The van der Waals surface area contributed by atoms with Gasteiger partial charge in [-0.05, 0) is 85.7 Å². The predicted molar refractivity (Wildman–Crippen MR) is 132 cm³/mol. The highest BCUT2D eigenvalue weighted by atomic mass is 32.1. The van der Waals surface area contributed by atoms with E-state index in [9.17, 15) is 0 Å². The van der Waals surface area contributed by atoms with Crippen molar-refractivity contribution in [3.05, 3.63) is 114 Å². The first kappa shape index (κ1) is 20.4. The zero-order valence-corrected chi connectivity index (χ0v) is 19.0. The van der Waals surface area contributed by atoms with Gasteiger partial charge in [-0.15, -0.1) is 0 Å². The quantitative estimate of drug-likeness (QED) is 0.437. The number of nitrogens with one attached hydrogen (secondary N) is 1. The molecule has 2 atom stereocenters. The molecule has 1 aliphatic rings. The van der Waals surface area contributed by atoms with E-state index in [0.29, 0.717) is 11.7 Å². The molecule has 0 saturated carbocycles. The molecule has 5 nitrogen and oxygen atoms in total. The Bertz CT molecular complexity index is 1240. The number of thiocarbonyl (C=S) groups is 1. The van der Waals surface area contributed by atoms with Gasteiger partial charge in [0.15, 0.2) is 5.11 Å². The molecular formula is C26H25N5S. The van der Waals surface area contributed by atoms with Crippen LogP contribution in [0.5, 0.6) is 0 Å². The molecule has 0 amide bonds. The topological polar surface area (TPSA) is 46.0 Å².